The summed E-state index contributed by atoms with van der Waals surface area (Å²) in [7, 11) is 3.25. The summed E-state index contributed by atoms with van der Waals surface area (Å²) in [6.07, 6.45) is 2.68. The van der Waals surface area contributed by atoms with E-state index >= 15 is 0 Å². The molecule has 2 aliphatic rings. The number of hydrogen-bond acceptors (Lipinski definition) is 3. The Bertz CT molecular complexity index is 826. The Morgan fingerprint density at radius 3 is 2.48 bits per heavy atom. The average molecular weight is 337 g/mol. The van der Waals surface area contributed by atoms with Gasteiger partial charge in [-0.1, -0.05) is 24.3 Å². The quantitative estimate of drug-likeness (QED) is 0.854. The van der Waals surface area contributed by atoms with E-state index in [1.807, 2.05) is 35.2 Å². The maximum atomic E-state index is 13.5. The Labute approximate surface area is 148 Å². The Morgan fingerprint density at radius 1 is 1.08 bits per heavy atom. The number of hydrogen-bond donors (Lipinski definition) is 0. The molecule has 0 aromatic heterocycles. The fourth-order valence-electron chi connectivity index (χ4n) is 3.99. The molecule has 4 nitrogen and oxygen atoms in total. The highest BCUT2D eigenvalue weighted by Gasteiger charge is 2.55. The van der Waals surface area contributed by atoms with Gasteiger partial charge < -0.3 is 14.4 Å². The fraction of sp³-hybridized carbons (Fsp3) is 0.381. The third-order valence-electron chi connectivity index (χ3n) is 5.52. The minimum Gasteiger partial charge on any atom is -0.493 e. The molecule has 0 radical (unpaired) electrons. The summed E-state index contributed by atoms with van der Waals surface area (Å²) in [6, 6.07) is 14.3. The van der Waals surface area contributed by atoms with Gasteiger partial charge in [0, 0.05) is 11.7 Å². The standard InChI is InChI=1S/C21H23NO3/c1-14-12-15-6-4-5-7-17(15)22(14)20(23)21(10-11-21)16-8-9-18(24-2)19(13-16)25-3/h4-9,13-14H,10-12H2,1-3H3. The zero-order chi connectivity index (χ0) is 17.6. The van der Waals surface area contributed by atoms with Crippen molar-refractivity contribution in [3.8, 4) is 11.5 Å². The fourth-order valence-corrected chi connectivity index (χ4v) is 3.99. The number of nitrogens with zero attached hydrogens (tertiary/aromatic N) is 1. The zero-order valence-corrected chi connectivity index (χ0v) is 14.9. The van der Waals surface area contributed by atoms with Crippen LogP contribution in [0, 0.1) is 0 Å². The third kappa shape index (κ3) is 2.39. The molecule has 1 fully saturated rings. The molecule has 1 saturated carbocycles. The summed E-state index contributed by atoms with van der Waals surface area (Å²) in [5.41, 5.74) is 2.91. The first-order chi connectivity index (χ1) is 12.1. The van der Waals surface area contributed by atoms with E-state index in [0.717, 1.165) is 30.5 Å². The lowest BCUT2D eigenvalue weighted by molar-refractivity contribution is -0.121. The average Bonchev–Trinajstić information content (AvgIpc) is 3.38. The van der Waals surface area contributed by atoms with Crippen LogP contribution < -0.4 is 14.4 Å². The second kappa shape index (κ2) is 5.80. The molecule has 4 rings (SSSR count). The van der Waals surface area contributed by atoms with E-state index in [1.54, 1.807) is 14.2 Å². The number of anilines is 1. The number of rotatable bonds is 4. The maximum absolute atomic E-state index is 13.5. The predicted octanol–water partition coefficient (Wildman–Crippen LogP) is 3.71. The second-order valence-corrected chi connectivity index (χ2v) is 7.01. The molecule has 1 aliphatic carbocycles. The van der Waals surface area contributed by atoms with Gasteiger partial charge >= 0.3 is 0 Å². The van der Waals surface area contributed by atoms with Crippen molar-refractivity contribution in [2.45, 2.75) is 37.6 Å². The van der Waals surface area contributed by atoms with Crippen molar-refractivity contribution in [3.05, 3.63) is 53.6 Å². The van der Waals surface area contributed by atoms with E-state index in [9.17, 15) is 4.79 Å². The first kappa shape index (κ1) is 16.0. The molecular weight excluding hydrogens is 314 g/mol. The van der Waals surface area contributed by atoms with Crippen molar-refractivity contribution in [2.75, 3.05) is 19.1 Å². The Hall–Kier alpha value is -2.49. The smallest absolute Gasteiger partial charge is 0.237 e. The highest BCUT2D eigenvalue weighted by atomic mass is 16.5. The van der Waals surface area contributed by atoms with Gasteiger partial charge in [-0.15, -0.1) is 0 Å². The van der Waals surface area contributed by atoms with E-state index in [0.29, 0.717) is 11.5 Å². The van der Waals surface area contributed by atoms with Crippen molar-refractivity contribution in [2.24, 2.45) is 0 Å². The van der Waals surface area contributed by atoms with Crippen LogP contribution >= 0.6 is 0 Å². The van der Waals surface area contributed by atoms with Gasteiger partial charge in [0.2, 0.25) is 5.91 Å². The minimum absolute atomic E-state index is 0.197. The normalized spacial score (nSPS) is 20.1. The minimum atomic E-state index is -0.425. The first-order valence-electron chi connectivity index (χ1n) is 8.75. The van der Waals surface area contributed by atoms with Crippen LogP contribution in [0.25, 0.3) is 0 Å². The molecule has 1 heterocycles. The van der Waals surface area contributed by atoms with Crippen molar-refractivity contribution in [1.29, 1.82) is 0 Å². The number of methoxy groups -OCH3 is 2. The summed E-state index contributed by atoms with van der Waals surface area (Å²) in [5, 5.41) is 0. The van der Waals surface area contributed by atoms with Gasteiger partial charge in [-0.2, -0.15) is 0 Å². The number of carbonyl (C=O) groups is 1. The third-order valence-corrected chi connectivity index (χ3v) is 5.52. The highest BCUT2D eigenvalue weighted by Crippen LogP contribution is 2.52. The molecule has 0 saturated heterocycles. The van der Waals surface area contributed by atoms with Crippen molar-refractivity contribution >= 4 is 11.6 Å². The molecule has 4 heteroatoms. The van der Waals surface area contributed by atoms with Crippen LogP contribution in [0.3, 0.4) is 0 Å². The van der Waals surface area contributed by atoms with Crippen molar-refractivity contribution in [3.63, 3.8) is 0 Å². The SMILES string of the molecule is COc1ccc(C2(C(=O)N3c4ccccc4CC3C)CC2)cc1OC. The number of benzene rings is 2. The Balaban J connectivity index is 1.71. The predicted molar refractivity (Wildman–Crippen MR) is 97.6 cm³/mol. The lowest BCUT2D eigenvalue weighted by Crippen LogP contribution is -2.42. The summed E-state index contributed by atoms with van der Waals surface area (Å²) < 4.78 is 10.8. The Morgan fingerprint density at radius 2 is 1.80 bits per heavy atom. The van der Waals surface area contributed by atoms with Crippen molar-refractivity contribution in [1.82, 2.24) is 0 Å². The van der Waals surface area contributed by atoms with Gasteiger partial charge in [-0.05, 0) is 55.5 Å². The molecule has 0 spiro atoms. The van der Waals surface area contributed by atoms with Gasteiger partial charge in [-0.25, -0.2) is 0 Å². The van der Waals surface area contributed by atoms with Crippen LogP contribution in [0.4, 0.5) is 5.69 Å². The van der Waals surface area contributed by atoms with Crippen LogP contribution in [-0.4, -0.2) is 26.2 Å². The second-order valence-electron chi connectivity index (χ2n) is 7.01. The first-order valence-corrected chi connectivity index (χ1v) is 8.75. The van der Waals surface area contributed by atoms with Crippen LogP contribution in [0.1, 0.15) is 30.9 Å². The van der Waals surface area contributed by atoms with E-state index in [-0.39, 0.29) is 11.9 Å². The molecule has 2 aromatic carbocycles. The van der Waals surface area contributed by atoms with Gasteiger partial charge in [0.1, 0.15) is 0 Å². The largest absolute Gasteiger partial charge is 0.493 e. The number of amides is 1. The maximum Gasteiger partial charge on any atom is 0.237 e. The molecule has 130 valence electrons. The topological polar surface area (TPSA) is 38.8 Å². The molecule has 1 amide bonds. The lowest BCUT2D eigenvalue weighted by Gasteiger charge is -2.28. The molecular formula is C21H23NO3. The molecule has 1 atom stereocenters. The number of carbonyl (C=O) groups excluding carboxylic acids is 1. The van der Waals surface area contributed by atoms with Crippen LogP contribution in [0.15, 0.2) is 42.5 Å². The lowest BCUT2D eigenvalue weighted by atomic mass is 9.93. The monoisotopic (exact) mass is 337 g/mol. The van der Waals surface area contributed by atoms with Crippen molar-refractivity contribution < 1.29 is 14.3 Å². The van der Waals surface area contributed by atoms with Gasteiger partial charge in [0.05, 0.1) is 19.6 Å². The molecule has 2 aromatic rings. The summed E-state index contributed by atoms with van der Waals surface area (Å²) in [5.74, 6) is 1.57. The number of ether oxygens (including phenoxy) is 2. The Kier molecular flexibility index (Phi) is 3.71. The van der Waals surface area contributed by atoms with E-state index in [4.69, 9.17) is 9.47 Å². The van der Waals surface area contributed by atoms with E-state index < -0.39 is 5.41 Å². The van der Waals surface area contributed by atoms with E-state index in [1.165, 1.54) is 5.56 Å². The summed E-state index contributed by atoms with van der Waals surface area (Å²) in [6.45, 7) is 2.13. The number of fused-ring (bicyclic) bond motifs is 1. The van der Waals surface area contributed by atoms with Crippen LogP contribution in [-0.2, 0) is 16.6 Å². The molecule has 1 aliphatic heterocycles. The van der Waals surface area contributed by atoms with Gasteiger partial charge in [-0.3, -0.25) is 4.79 Å². The highest BCUT2D eigenvalue weighted by molar-refractivity contribution is 6.05. The molecule has 0 N–H and O–H groups in total. The molecule has 25 heavy (non-hydrogen) atoms. The zero-order valence-electron chi connectivity index (χ0n) is 14.9. The van der Waals surface area contributed by atoms with Crippen LogP contribution in [0.2, 0.25) is 0 Å². The molecule has 0 bridgehead atoms. The summed E-state index contributed by atoms with van der Waals surface area (Å²) >= 11 is 0. The number of para-hydroxylation sites is 1. The van der Waals surface area contributed by atoms with Gasteiger partial charge in [0.15, 0.2) is 11.5 Å². The summed E-state index contributed by atoms with van der Waals surface area (Å²) in [4.78, 5) is 15.5. The van der Waals surface area contributed by atoms with Crippen LogP contribution in [0.5, 0.6) is 11.5 Å². The van der Waals surface area contributed by atoms with E-state index in [2.05, 4.69) is 19.1 Å². The molecule has 1 unspecified atom stereocenters. The van der Waals surface area contributed by atoms with Gasteiger partial charge in [0.25, 0.3) is 0 Å².